The summed E-state index contributed by atoms with van der Waals surface area (Å²) >= 11 is 5.33. The average molecular weight is 432 g/mol. The molecule has 1 aromatic carbocycles. The number of benzene rings is 1. The minimum atomic E-state index is -0.204. The number of nitrogens with zero attached hydrogens (tertiary/aromatic N) is 2. The number of piperidine rings is 1. The molecule has 1 aliphatic heterocycles. The van der Waals surface area contributed by atoms with Gasteiger partial charge in [-0.1, -0.05) is 18.6 Å². The summed E-state index contributed by atoms with van der Waals surface area (Å²) < 4.78 is 7.11. The highest BCUT2D eigenvalue weighted by Gasteiger charge is 2.28. The van der Waals surface area contributed by atoms with E-state index in [1.54, 1.807) is 22.5 Å². The van der Waals surface area contributed by atoms with Gasteiger partial charge in [0.15, 0.2) is 4.77 Å². The molecule has 0 radical (unpaired) electrons. The standard InChI is InChI=1S/C22H29N3O4S/c1-2-29-21(28)16-9-8-13-24(15-16)19(26)12-4-3-7-14-25-20(27)17-10-5-6-11-18(17)23-22(25)30/h5-6,10-11,16H,2-4,7-9,12-15H2,1H3,(H,23,30)/t16-/m0/s1. The molecule has 0 saturated carbocycles. The number of fused-ring (bicyclic) bond motifs is 1. The number of carbonyl (C=O) groups excluding carboxylic acids is 2. The van der Waals surface area contributed by atoms with Crippen LogP contribution >= 0.6 is 12.2 Å². The Morgan fingerprint density at radius 1 is 1.23 bits per heavy atom. The topological polar surface area (TPSA) is 84.4 Å². The third kappa shape index (κ3) is 5.36. The molecular weight excluding hydrogens is 402 g/mol. The monoisotopic (exact) mass is 431 g/mol. The highest BCUT2D eigenvalue weighted by molar-refractivity contribution is 7.71. The van der Waals surface area contributed by atoms with Crippen LogP contribution in [0.2, 0.25) is 0 Å². The molecule has 7 nitrogen and oxygen atoms in total. The number of hydrogen-bond donors (Lipinski definition) is 1. The van der Waals surface area contributed by atoms with Gasteiger partial charge in [0.25, 0.3) is 5.56 Å². The van der Waals surface area contributed by atoms with Crippen LogP contribution in [0.15, 0.2) is 29.1 Å². The first-order valence-electron chi connectivity index (χ1n) is 10.7. The molecule has 0 unspecified atom stereocenters. The highest BCUT2D eigenvalue weighted by atomic mass is 32.1. The van der Waals surface area contributed by atoms with Crippen LogP contribution in [0.1, 0.15) is 45.4 Å². The van der Waals surface area contributed by atoms with Crippen LogP contribution < -0.4 is 5.56 Å². The minimum absolute atomic E-state index is 0.0799. The molecule has 30 heavy (non-hydrogen) atoms. The Balaban J connectivity index is 1.46. The lowest BCUT2D eigenvalue weighted by Gasteiger charge is -2.31. The van der Waals surface area contributed by atoms with Crippen molar-refractivity contribution < 1.29 is 14.3 Å². The first-order chi connectivity index (χ1) is 14.5. The lowest BCUT2D eigenvalue weighted by atomic mass is 9.97. The SMILES string of the molecule is CCOC(=O)[C@H]1CCCN(C(=O)CCCCCn2c(=S)[nH]c3ccccc3c2=O)C1. The van der Waals surface area contributed by atoms with Crippen molar-refractivity contribution in [3.8, 4) is 0 Å². The first-order valence-corrected chi connectivity index (χ1v) is 11.1. The molecule has 0 bridgehead atoms. The van der Waals surface area contributed by atoms with Gasteiger partial charge >= 0.3 is 5.97 Å². The van der Waals surface area contributed by atoms with Gasteiger partial charge in [-0.15, -0.1) is 0 Å². The fraction of sp³-hybridized carbons (Fsp3) is 0.545. The Kier molecular flexibility index (Phi) is 7.79. The Morgan fingerprint density at radius 3 is 2.83 bits per heavy atom. The van der Waals surface area contributed by atoms with E-state index in [2.05, 4.69) is 4.98 Å². The van der Waals surface area contributed by atoms with E-state index in [1.165, 1.54) is 0 Å². The number of unbranched alkanes of at least 4 members (excludes halogenated alkanes) is 2. The zero-order valence-electron chi connectivity index (χ0n) is 17.4. The van der Waals surface area contributed by atoms with Crippen molar-refractivity contribution in [2.24, 2.45) is 5.92 Å². The maximum absolute atomic E-state index is 12.6. The second kappa shape index (κ2) is 10.5. The fourth-order valence-electron chi connectivity index (χ4n) is 3.94. The molecule has 0 aliphatic carbocycles. The van der Waals surface area contributed by atoms with Crippen LogP contribution in [0.4, 0.5) is 0 Å². The second-order valence-corrected chi connectivity index (χ2v) is 8.06. The smallest absolute Gasteiger partial charge is 0.310 e. The molecule has 1 aromatic heterocycles. The summed E-state index contributed by atoms with van der Waals surface area (Å²) in [5.41, 5.74) is 0.667. The number of aromatic nitrogens is 2. The van der Waals surface area contributed by atoms with Crippen molar-refractivity contribution in [3.63, 3.8) is 0 Å². The van der Waals surface area contributed by atoms with Crippen LogP contribution in [0.3, 0.4) is 0 Å². The summed E-state index contributed by atoms with van der Waals surface area (Å²) in [5, 5.41) is 0.627. The third-order valence-corrected chi connectivity index (χ3v) is 5.88. The Labute approximate surface area is 181 Å². The number of carbonyl (C=O) groups is 2. The van der Waals surface area contributed by atoms with Gasteiger partial charge in [-0.3, -0.25) is 19.0 Å². The normalized spacial score (nSPS) is 16.6. The minimum Gasteiger partial charge on any atom is -0.466 e. The number of esters is 1. The maximum Gasteiger partial charge on any atom is 0.310 e. The molecule has 1 aliphatic rings. The van der Waals surface area contributed by atoms with Crippen molar-refractivity contribution in [2.45, 2.75) is 52.0 Å². The molecule has 1 atom stereocenters. The number of aromatic amines is 1. The van der Waals surface area contributed by atoms with E-state index in [9.17, 15) is 14.4 Å². The van der Waals surface area contributed by atoms with Gasteiger partial charge in [0, 0.05) is 26.1 Å². The summed E-state index contributed by atoms with van der Waals surface area (Å²) in [7, 11) is 0. The van der Waals surface area contributed by atoms with Crippen molar-refractivity contribution in [2.75, 3.05) is 19.7 Å². The van der Waals surface area contributed by atoms with Crippen molar-refractivity contribution in [1.82, 2.24) is 14.5 Å². The zero-order chi connectivity index (χ0) is 21.5. The van der Waals surface area contributed by atoms with Gasteiger partial charge in [0.1, 0.15) is 0 Å². The molecular formula is C22H29N3O4S. The van der Waals surface area contributed by atoms with Crippen molar-refractivity contribution >= 4 is 35.0 Å². The highest BCUT2D eigenvalue weighted by Crippen LogP contribution is 2.19. The number of para-hydroxylation sites is 1. The summed E-state index contributed by atoms with van der Waals surface area (Å²) in [5.74, 6) is -0.319. The molecule has 2 heterocycles. The quantitative estimate of drug-likeness (QED) is 0.393. The van der Waals surface area contributed by atoms with E-state index in [1.807, 2.05) is 18.2 Å². The number of rotatable bonds is 8. The molecule has 1 amide bonds. The number of nitrogens with one attached hydrogen (secondary N) is 1. The van der Waals surface area contributed by atoms with Crippen LogP contribution in [0.5, 0.6) is 0 Å². The van der Waals surface area contributed by atoms with Crippen molar-refractivity contribution in [1.29, 1.82) is 0 Å². The van der Waals surface area contributed by atoms with Crippen LogP contribution in [-0.4, -0.2) is 46.0 Å². The first kappa shape index (κ1) is 22.2. The van der Waals surface area contributed by atoms with E-state index in [0.29, 0.717) is 42.8 Å². The lowest BCUT2D eigenvalue weighted by molar-refractivity contribution is -0.151. The van der Waals surface area contributed by atoms with Gasteiger partial charge in [-0.2, -0.15) is 0 Å². The predicted molar refractivity (Wildman–Crippen MR) is 118 cm³/mol. The van der Waals surface area contributed by atoms with E-state index in [4.69, 9.17) is 17.0 Å². The molecule has 1 fully saturated rings. The van der Waals surface area contributed by atoms with E-state index >= 15 is 0 Å². The second-order valence-electron chi connectivity index (χ2n) is 7.67. The number of ether oxygens (including phenoxy) is 1. The van der Waals surface area contributed by atoms with Gasteiger partial charge < -0.3 is 14.6 Å². The fourth-order valence-corrected chi connectivity index (χ4v) is 4.22. The molecule has 2 aromatic rings. The Hall–Kier alpha value is -2.48. The van der Waals surface area contributed by atoms with E-state index < -0.39 is 0 Å². The third-order valence-electron chi connectivity index (χ3n) is 5.56. The number of amides is 1. The largest absolute Gasteiger partial charge is 0.466 e. The van der Waals surface area contributed by atoms with E-state index in [0.717, 1.165) is 37.6 Å². The average Bonchev–Trinajstić information content (AvgIpc) is 2.75. The maximum atomic E-state index is 12.6. The zero-order valence-corrected chi connectivity index (χ0v) is 18.2. The van der Waals surface area contributed by atoms with Crippen LogP contribution in [-0.2, 0) is 20.9 Å². The Morgan fingerprint density at radius 2 is 2.03 bits per heavy atom. The van der Waals surface area contributed by atoms with Crippen LogP contribution in [0, 0.1) is 10.7 Å². The molecule has 3 rings (SSSR count). The Bertz CT molecular complexity index is 1010. The summed E-state index contributed by atoms with van der Waals surface area (Å²) in [4.78, 5) is 42.0. The van der Waals surface area contributed by atoms with Gasteiger partial charge in [0.05, 0.1) is 23.4 Å². The number of hydrogen-bond acceptors (Lipinski definition) is 5. The van der Waals surface area contributed by atoms with Gasteiger partial charge in [-0.05, 0) is 57.0 Å². The van der Waals surface area contributed by atoms with Gasteiger partial charge in [-0.25, -0.2) is 0 Å². The summed E-state index contributed by atoms with van der Waals surface area (Å²) in [6, 6.07) is 7.34. The number of likely N-dealkylation sites (tertiary alicyclic amines) is 1. The summed E-state index contributed by atoms with van der Waals surface area (Å²) in [6.07, 6.45) is 4.42. The van der Waals surface area contributed by atoms with Gasteiger partial charge in [0.2, 0.25) is 5.91 Å². The molecule has 162 valence electrons. The molecule has 1 N–H and O–H groups in total. The van der Waals surface area contributed by atoms with Crippen LogP contribution in [0.25, 0.3) is 10.9 Å². The van der Waals surface area contributed by atoms with Crippen molar-refractivity contribution in [3.05, 3.63) is 39.4 Å². The summed E-state index contributed by atoms with van der Waals surface area (Å²) in [6.45, 7) is 3.85. The molecule has 0 spiro atoms. The predicted octanol–water partition coefficient (Wildman–Crippen LogP) is 3.42. The molecule has 1 saturated heterocycles. The molecule has 8 heteroatoms. The van der Waals surface area contributed by atoms with E-state index in [-0.39, 0.29) is 23.4 Å². The number of H-pyrrole nitrogens is 1. The lowest BCUT2D eigenvalue weighted by Crippen LogP contribution is -2.42.